The molecule has 2 aromatic rings. The minimum Gasteiger partial charge on any atom is -0.397 e. The van der Waals surface area contributed by atoms with Crippen LogP contribution in [-0.4, -0.2) is 4.98 Å². The van der Waals surface area contributed by atoms with Crippen molar-refractivity contribution >= 4 is 16.6 Å². The predicted molar refractivity (Wildman–Crippen MR) is 60.2 cm³/mol. The van der Waals surface area contributed by atoms with Crippen LogP contribution in [0.15, 0.2) is 30.5 Å². The summed E-state index contributed by atoms with van der Waals surface area (Å²) in [5.41, 5.74) is 8.87. The Kier molecular flexibility index (Phi) is 2.12. The van der Waals surface area contributed by atoms with E-state index in [1.54, 1.807) is 6.20 Å². The Labute approximate surface area is 83.8 Å². The lowest BCUT2D eigenvalue weighted by molar-refractivity contribution is 0.869. The molecule has 0 radical (unpaired) electrons. The van der Waals surface area contributed by atoms with Crippen molar-refractivity contribution in [2.45, 2.75) is 19.8 Å². The van der Waals surface area contributed by atoms with Crippen molar-refractivity contribution < 1.29 is 0 Å². The van der Waals surface area contributed by atoms with E-state index in [1.807, 2.05) is 18.2 Å². The molecule has 0 atom stereocenters. The molecule has 0 aliphatic rings. The number of nitrogen functional groups attached to an aromatic ring is 1. The highest BCUT2D eigenvalue weighted by Gasteiger charge is 2.04. The molecule has 0 fully saturated rings. The molecule has 0 saturated heterocycles. The number of hydrogen-bond donors (Lipinski definition) is 1. The molecule has 2 nitrogen and oxygen atoms in total. The van der Waals surface area contributed by atoms with E-state index in [2.05, 4.69) is 24.9 Å². The smallest absolute Gasteiger partial charge is 0.0931 e. The summed E-state index contributed by atoms with van der Waals surface area (Å²) in [7, 11) is 0. The number of fused-ring (bicyclic) bond motifs is 1. The second-order valence-corrected chi connectivity index (χ2v) is 3.84. The van der Waals surface area contributed by atoms with Crippen molar-refractivity contribution in [3.63, 3.8) is 0 Å². The number of nitrogens with two attached hydrogens (primary N) is 1. The Balaban J connectivity index is 2.72. The first kappa shape index (κ1) is 9.00. The van der Waals surface area contributed by atoms with Gasteiger partial charge in [0.05, 0.1) is 11.2 Å². The molecule has 1 aromatic carbocycles. The van der Waals surface area contributed by atoms with Crippen LogP contribution in [0.5, 0.6) is 0 Å². The van der Waals surface area contributed by atoms with Crippen LogP contribution in [0.4, 0.5) is 5.69 Å². The van der Waals surface area contributed by atoms with Gasteiger partial charge in [-0.1, -0.05) is 19.9 Å². The third kappa shape index (κ3) is 1.43. The zero-order valence-electron chi connectivity index (χ0n) is 8.49. The van der Waals surface area contributed by atoms with Gasteiger partial charge in [0, 0.05) is 11.6 Å². The highest BCUT2D eigenvalue weighted by Crippen LogP contribution is 2.25. The van der Waals surface area contributed by atoms with Gasteiger partial charge in [0.15, 0.2) is 0 Å². The average molecular weight is 186 g/mol. The van der Waals surface area contributed by atoms with Gasteiger partial charge in [-0.25, -0.2) is 0 Å². The van der Waals surface area contributed by atoms with E-state index in [1.165, 1.54) is 5.56 Å². The fourth-order valence-electron chi connectivity index (χ4n) is 1.58. The number of nitrogens with zero attached hydrogens (tertiary/aromatic N) is 1. The molecule has 1 heterocycles. The van der Waals surface area contributed by atoms with Crippen LogP contribution < -0.4 is 5.73 Å². The van der Waals surface area contributed by atoms with Crippen LogP contribution in [0.3, 0.4) is 0 Å². The Bertz CT molecular complexity index is 461. The lowest BCUT2D eigenvalue weighted by Crippen LogP contribution is -1.94. The Morgan fingerprint density at radius 3 is 2.79 bits per heavy atom. The van der Waals surface area contributed by atoms with E-state index in [0.717, 1.165) is 16.6 Å². The van der Waals surface area contributed by atoms with Crippen molar-refractivity contribution in [2.24, 2.45) is 0 Å². The maximum atomic E-state index is 5.93. The van der Waals surface area contributed by atoms with Crippen LogP contribution in [0, 0.1) is 0 Å². The number of anilines is 1. The molecule has 72 valence electrons. The summed E-state index contributed by atoms with van der Waals surface area (Å²) in [4.78, 5) is 4.26. The molecule has 0 bridgehead atoms. The quantitative estimate of drug-likeness (QED) is 0.695. The molecule has 14 heavy (non-hydrogen) atoms. The van der Waals surface area contributed by atoms with Crippen LogP contribution in [0.2, 0.25) is 0 Å². The molecule has 2 heteroatoms. The largest absolute Gasteiger partial charge is 0.397 e. The van der Waals surface area contributed by atoms with Crippen LogP contribution in [0.1, 0.15) is 25.3 Å². The van der Waals surface area contributed by atoms with Gasteiger partial charge >= 0.3 is 0 Å². The van der Waals surface area contributed by atoms with E-state index in [9.17, 15) is 0 Å². The van der Waals surface area contributed by atoms with E-state index in [4.69, 9.17) is 5.73 Å². The molecule has 0 aliphatic heterocycles. The lowest BCUT2D eigenvalue weighted by atomic mass is 10.00. The fourth-order valence-corrected chi connectivity index (χ4v) is 1.58. The number of pyridine rings is 1. The fraction of sp³-hybridized carbons (Fsp3) is 0.250. The molecule has 0 amide bonds. The van der Waals surface area contributed by atoms with Gasteiger partial charge in [0.2, 0.25) is 0 Å². The summed E-state index contributed by atoms with van der Waals surface area (Å²) in [5, 5.41) is 1.12. The highest BCUT2D eigenvalue weighted by molar-refractivity contribution is 5.89. The van der Waals surface area contributed by atoms with Crippen molar-refractivity contribution in [1.29, 1.82) is 0 Å². The van der Waals surface area contributed by atoms with Gasteiger partial charge in [0.1, 0.15) is 0 Å². The lowest BCUT2D eigenvalue weighted by Gasteiger charge is -2.08. The first-order valence-corrected chi connectivity index (χ1v) is 4.82. The Hall–Kier alpha value is -1.57. The van der Waals surface area contributed by atoms with Crippen LogP contribution in [0.25, 0.3) is 10.9 Å². The minimum atomic E-state index is 0.502. The van der Waals surface area contributed by atoms with Gasteiger partial charge in [-0.3, -0.25) is 4.98 Å². The molecule has 0 unspecified atom stereocenters. The van der Waals surface area contributed by atoms with Crippen LogP contribution in [-0.2, 0) is 0 Å². The maximum Gasteiger partial charge on any atom is 0.0931 e. The molecular weight excluding hydrogens is 172 g/mol. The van der Waals surface area contributed by atoms with Gasteiger partial charge in [0.25, 0.3) is 0 Å². The Morgan fingerprint density at radius 1 is 1.29 bits per heavy atom. The van der Waals surface area contributed by atoms with Crippen molar-refractivity contribution in [2.75, 3.05) is 5.73 Å². The van der Waals surface area contributed by atoms with Gasteiger partial charge in [-0.05, 0) is 29.7 Å². The number of aromatic nitrogens is 1. The first-order chi connectivity index (χ1) is 6.68. The van der Waals surface area contributed by atoms with Gasteiger partial charge < -0.3 is 5.73 Å². The van der Waals surface area contributed by atoms with E-state index >= 15 is 0 Å². The molecule has 0 spiro atoms. The minimum absolute atomic E-state index is 0.502. The summed E-state index contributed by atoms with van der Waals surface area (Å²) >= 11 is 0. The zero-order valence-corrected chi connectivity index (χ0v) is 8.49. The normalized spacial score (nSPS) is 11.1. The molecule has 2 N–H and O–H groups in total. The summed E-state index contributed by atoms with van der Waals surface area (Å²) in [6.07, 6.45) is 1.77. The predicted octanol–water partition coefficient (Wildman–Crippen LogP) is 2.94. The molecule has 1 aromatic heterocycles. The van der Waals surface area contributed by atoms with E-state index < -0.39 is 0 Å². The van der Waals surface area contributed by atoms with Crippen molar-refractivity contribution in [3.8, 4) is 0 Å². The average Bonchev–Trinajstić information content (AvgIpc) is 2.17. The number of hydrogen-bond acceptors (Lipinski definition) is 2. The Morgan fingerprint density at radius 2 is 2.07 bits per heavy atom. The first-order valence-electron chi connectivity index (χ1n) is 4.82. The van der Waals surface area contributed by atoms with Crippen molar-refractivity contribution in [3.05, 3.63) is 36.0 Å². The summed E-state index contributed by atoms with van der Waals surface area (Å²) in [5.74, 6) is 0.502. The summed E-state index contributed by atoms with van der Waals surface area (Å²) in [6, 6.07) is 8.15. The SMILES string of the molecule is CC(C)c1cc(N)c2ncccc2c1. The molecule has 2 rings (SSSR count). The summed E-state index contributed by atoms with van der Waals surface area (Å²) in [6.45, 7) is 4.33. The number of rotatable bonds is 1. The second-order valence-electron chi connectivity index (χ2n) is 3.84. The second kappa shape index (κ2) is 3.29. The zero-order chi connectivity index (χ0) is 10.1. The van der Waals surface area contributed by atoms with Crippen molar-refractivity contribution in [1.82, 2.24) is 4.98 Å². The molecule has 0 aliphatic carbocycles. The third-order valence-electron chi connectivity index (χ3n) is 2.42. The van der Waals surface area contributed by atoms with Gasteiger partial charge in [-0.2, -0.15) is 0 Å². The monoisotopic (exact) mass is 186 g/mol. The topological polar surface area (TPSA) is 38.9 Å². The summed E-state index contributed by atoms with van der Waals surface area (Å²) < 4.78 is 0. The highest BCUT2D eigenvalue weighted by atomic mass is 14.7. The van der Waals surface area contributed by atoms with E-state index in [-0.39, 0.29) is 0 Å². The third-order valence-corrected chi connectivity index (χ3v) is 2.42. The molecular formula is C12H14N2. The van der Waals surface area contributed by atoms with Crippen LogP contribution >= 0.6 is 0 Å². The van der Waals surface area contributed by atoms with Gasteiger partial charge in [-0.15, -0.1) is 0 Å². The van der Waals surface area contributed by atoms with E-state index in [0.29, 0.717) is 5.92 Å². The maximum absolute atomic E-state index is 5.93. The number of benzene rings is 1. The molecule has 0 saturated carbocycles. The standard InChI is InChI=1S/C12H14N2/c1-8(2)10-6-9-4-3-5-14-12(9)11(13)7-10/h3-8H,13H2,1-2H3.